The summed E-state index contributed by atoms with van der Waals surface area (Å²) in [7, 11) is 1.56. The molecule has 34 heavy (non-hydrogen) atoms. The summed E-state index contributed by atoms with van der Waals surface area (Å²) in [5.74, 6) is -0.00611. The molecule has 7 heteroatoms. The predicted octanol–water partition coefficient (Wildman–Crippen LogP) is 5.31. The number of hydrogen-bond acceptors (Lipinski definition) is 4. The maximum Gasteiger partial charge on any atom is 0.254 e. The Morgan fingerprint density at radius 2 is 1.97 bits per heavy atom. The minimum atomic E-state index is -0.308. The van der Waals surface area contributed by atoms with Crippen molar-refractivity contribution in [2.45, 2.75) is 32.2 Å². The minimum Gasteiger partial charge on any atom is -0.497 e. The van der Waals surface area contributed by atoms with Gasteiger partial charge in [-0.25, -0.2) is 4.39 Å². The molecule has 2 amide bonds. The maximum absolute atomic E-state index is 13.6. The van der Waals surface area contributed by atoms with Crippen molar-refractivity contribution in [1.82, 2.24) is 9.80 Å². The highest BCUT2D eigenvalue weighted by molar-refractivity contribution is 7.10. The largest absolute Gasteiger partial charge is 0.497 e. The van der Waals surface area contributed by atoms with Crippen molar-refractivity contribution in [2.75, 3.05) is 26.7 Å². The molecule has 0 aliphatic carbocycles. The van der Waals surface area contributed by atoms with E-state index in [1.807, 2.05) is 16.3 Å². The molecule has 3 aromatic rings. The number of halogens is 1. The number of unbranched alkanes of at least 4 members (excludes halogenated alkanes) is 1. The van der Waals surface area contributed by atoms with Gasteiger partial charge in [-0.2, -0.15) is 0 Å². The highest BCUT2D eigenvalue weighted by Crippen LogP contribution is 2.38. The van der Waals surface area contributed by atoms with Gasteiger partial charge in [0, 0.05) is 23.5 Å². The molecular formula is C27H29FN2O3S. The second-order valence-electron chi connectivity index (χ2n) is 8.40. The zero-order valence-electron chi connectivity index (χ0n) is 19.5. The number of fused-ring (bicyclic) bond motifs is 1. The minimum absolute atomic E-state index is 0.00674. The van der Waals surface area contributed by atoms with E-state index < -0.39 is 0 Å². The summed E-state index contributed by atoms with van der Waals surface area (Å²) in [6.45, 7) is 3.11. The zero-order chi connectivity index (χ0) is 24.1. The predicted molar refractivity (Wildman–Crippen MR) is 132 cm³/mol. The molecule has 0 N–H and O–H groups in total. The van der Waals surface area contributed by atoms with E-state index in [1.165, 1.54) is 17.0 Å². The Labute approximate surface area is 203 Å². The number of carbonyl (C=O) groups is 2. The van der Waals surface area contributed by atoms with Crippen LogP contribution in [0.3, 0.4) is 0 Å². The molecule has 1 aromatic heterocycles. The average Bonchev–Trinajstić information content (AvgIpc) is 3.35. The smallest absolute Gasteiger partial charge is 0.254 e. The van der Waals surface area contributed by atoms with Crippen molar-refractivity contribution < 1.29 is 18.7 Å². The van der Waals surface area contributed by atoms with Crippen molar-refractivity contribution in [1.29, 1.82) is 0 Å². The van der Waals surface area contributed by atoms with Gasteiger partial charge in [-0.3, -0.25) is 9.59 Å². The van der Waals surface area contributed by atoms with Gasteiger partial charge in [0.25, 0.3) is 5.91 Å². The third-order valence-electron chi connectivity index (χ3n) is 6.18. The van der Waals surface area contributed by atoms with E-state index in [4.69, 9.17) is 4.74 Å². The van der Waals surface area contributed by atoms with Crippen molar-refractivity contribution >= 4 is 23.2 Å². The first kappa shape index (κ1) is 24.0. The molecule has 0 saturated heterocycles. The Balaban J connectivity index is 1.60. The van der Waals surface area contributed by atoms with E-state index >= 15 is 0 Å². The summed E-state index contributed by atoms with van der Waals surface area (Å²) < 4.78 is 18.9. The summed E-state index contributed by atoms with van der Waals surface area (Å²) in [4.78, 5) is 31.7. The van der Waals surface area contributed by atoms with Crippen LogP contribution in [0.2, 0.25) is 0 Å². The molecule has 1 aliphatic rings. The van der Waals surface area contributed by atoms with E-state index in [1.54, 1.807) is 59.7 Å². The van der Waals surface area contributed by atoms with Crippen LogP contribution in [-0.4, -0.2) is 48.4 Å². The van der Waals surface area contributed by atoms with Crippen LogP contribution in [0.25, 0.3) is 0 Å². The average molecular weight is 481 g/mol. The van der Waals surface area contributed by atoms with Crippen LogP contribution in [0, 0.1) is 5.82 Å². The van der Waals surface area contributed by atoms with Gasteiger partial charge in [-0.1, -0.05) is 31.5 Å². The van der Waals surface area contributed by atoms with Gasteiger partial charge in [0.05, 0.1) is 13.2 Å². The first-order chi connectivity index (χ1) is 16.5. The fraction of sp³-hybridized carbons (Fsp3) is 0.333. The summed E-state index contributed by atoms with van der Waals surface area (Å²) in [6, 6.07) is 15.1. The number of benzene rings is 2. The summed E-state index contributed by atoms with van der Waals surface area (Å²) in [5.41, 5.74) is 2.45. The first-order valence-electron chi connectivity index (χ1n) is 11.6. The first-order valence-corrected chi connectivity index (χ1v) is 12.4. The number of rotatable bonds is 8. The third-order valence-corrected chi connectivity index (χ3v) is 7.18. The van der Waals surface area contributed by atoms with Gasteiger partial charge in [-0.15, -0.1) is 11.3 Å². The molecule has 0 bridgehead atoms. The van der Waals surface area contributed by atoms with E-state index in [9.17, 15) is 14.0 Å². The molecule has 0 saturated carbocycles. The molecule has 0 radical (unpaired) electrons. The molecule has 2 heterocycles. The van der Waals surface area contributed by atoms with Crippen LogP contribution < -0.4 is 4.74 Å². The molecule has 178 valence electrons. The highest BCUT2D eigenvalue weighted by atomic mass is 32.1. The van der Waals surface area contributed by atoms with Crippen LogP contribution >= 0.6 is 11.3 Å². The SMILES string of the molecule is CCCCN(CC(=O)N1CCc2sccc2C1c1ccc(F)cc1)C(=O)c1cccc(OC)c1. The fourth-order valence-electron chi connectivity index (χ4n) is 4.38. The van der Waals surface area contributed by atoms with E-state index in [2.05, 4.69) is 6.92 Å². The third kappa shape index (κ3) is 5.14. The van der Waals surface area contributed by atoms with Gasteiger partial charge >= 0.3 is 0 Å². The van der Waals surface area contributed by atoms with Gasteiger partial charge in [-0.05, 0) is 65.7 Å². The number of methoxy groups -OCH3 is 1. The van der Waals surface area contributed by atoms with Crippen molar-refractivity contribution in [3.05, 3.63) is 87.4 Å². The molecule has 1 unspecified atom stereocenters. The highest BCUT2D eigenvalue weighted by Gasteiger charge is 2.34. The fourth-order valence-corrected chi connectivity index (χ4v) is 5.29. The Morgan fingerprint density at radius 1 is 1.18 bits per heavy atom. The quantitative estimate of drug-likeness (QED) is 0.439. The van der Waals surface area contributed by atoms with Crippen molar-refractivity contribution in [3.63, 3.8) is 0 Å². The standard InChI is InChI=1S/C27H29FN2O3S/c1-3-4-14-29(27(32)20-6-5-7-22(17-20)33-2)18-25(31)30-15-12-24-23(13-16-34-24)26(30)19-8-10-21(28)11-9-19/h5-11,13,16-17,26H,3-4,12,14-15,18H2,1-2H3. The van der Waals surface area contributed by atoms with Gasteiger partial charge in [0.1, 0.15) is 18.1 Å². The normalized spacial score (nSPS) is 15.0. The summed E-state index contributed by atoms with van der Waals surface area (Å²) in [6.07, 6.45) is 2.49. The number of amides is 2. The van der Waals surface area contributed by atoms with Crippen LogP contribution in [-0.2, 0) is 11.2 Å². The summed E-state index contributed by atoms with van der Waals surface area (Å²) >= 11 is 1.68. The lowest BCUT2D eigenvalue weighted by molar-refractivity contribution is -0.134. The van der Waals surface area contributed by atoms with Crippen LogP contribution in [0.4, 0.5) is 4.39 Å². The Morgan fingerprint density at radius 3 is 2.71 bits per heavy atom. The maximum atomic E-state index is 13.6. The number of carbonyl (C=O) groups excluding carboxylic acids is 2. The number of hydrogen-bond donors (Lipinski definition) is 0. The van der Waals surface area contributed by atoms with Crippen LogP contribution in [0.5, 0.6) is 5.75 Å². The second kappa shape index (κ2) is 10.8. The molecule has 0 fully saturated rings. The second-order valence-corrected chi connectivity index (χ2v) is 9.40. The number of ether oxygens (including phenoxy) is 1. The Hall–Kier alpha value is -3.19. The van der Waals surface area contributed by atoms with Gasteiger partial charge < -0.3 is 14.5 Å². The monoisotopic (exact) mass is 480 g/mol. The van der Waals surface area contributed by atoms with E-state index in [0.29, 0.717) is 24.4 Å². The van der Waals surface area contributed by atoms with E-state index in [-0.39, 0.29) is 30.2 Å². The van der Waals surface area contributed by atoms with Crippen molar-refractivity contribution in [3.8, 4) is 5.75 Å². The molecule has 1 atom stereocenters. The van der Waals surface area contributed by atoms with Crippen LogP contribution in [0.15, 0.2) is 60.0 Å². The topological polar surface area (TPSA) is 49.9 Å². The lowest BCUT2D eigenvalue weighted by atomic mass is 9.93. The molecule has 5 nitrogen and oxygen atoms in total. The summed E-state index contributed by atoms with van der Waals surface area (Å²) in [5, 5.41) is 2.04. The van der Waals surface area contributed by atoms with Crippen molar-refractivity contribution in [2.24, 2.45) is 0 Å². The number of thiophene rings is 1. The van der Waals surface area contributed by atoms with Gasteiger partial charge in [0.15, 0.2) is 0 Å². The Bertz CT molecular complexity index is 1140. The number of nitrogens with zero attached hydrogens (tertiary/aromatic N) is 2. The molecular weight excluding hydrogens is 451 g/mol. The lowest BCUT2D eigenvalue weighted by Gasteiger charge is -2.37. The lowest BCUT2D eigenvalue weighted by Crippen LogP contribution is -2.47. The Kier molecular flexibility index (Phi) is 7.63. The molecule has 1 aliphatic heterocycles. The molecule has 0 spiro atoms. The molecule has 2 aromatic carbocycles. The van der Waals surface area contributed by atoms with Gasteiger partial charge in [0.2, 0.25) is 5.91 Å². The van der Waals surface area contributed by atoms with E-state index in [0.717, 1.165) is 30.4 Å². The van der Waals surface area contributed by atoms with Crippen LogP contribution in [0.1, 0.15) is 52.2 Å². The zero-order valence-corrected chi connectivity index (χ0v) is 20.3. The molecule has 4 rings (SSSR count).